The quantitative estimate of drug-likeness (QED) is 0.710. The highest BCUT2D eigenvalue weighted by molar-refractivity contribution is 7.89. The van der Waals surface area contributed by atoms with Crippen LogP contribution < -0.4 is 14.8 Å². The second-order valence-electron chi connectivity index (χ2n) is 7.06. The molecule has 0 aliphatic heterocycles. The molecule has 28 heavy (non-hydrogen) atoms. The van der Waals surface area contributed by atoms with Gasteiger partial charge in [-0.2, -0.15) is 0 Å². The maximum Gasteiger partial charge on any atom is 0.258 e. The molecule has 3 rings (SSSR count). The van der Waals surface area contributed by atoms with Gasteiger partial charge in [-0.3, -0.25) is 4.79 Å². The molecule has 0 saturated heterocycles. The SMILES string of the molecule is C[C@@H](NS(=O)(=O)c1ccc(OCC(=O)NC2CCCC2)cc1)c1ccccc1. The molecule has 2 N–H and O–H groups in total. The van der Waals surface area contributed by atoms with Crippen LogP contribution in [0.15, 0.2) is 59.5 Å². The summed E-state index contributed by atoms with van der Waals surface area (Å²) < 4.78 is 33.3. The van der Waals surface area contributed by atoms with E-state index in [1.54, 1.807) is 19.1 Å². The number of benzene rings is 2. The van der Waals surface area contributed by atoms with E-state index < -0.39 is 10.0 Å². The van der Waals surface area contributed by atoms with E-state index >= 15 is 0 Å². The van der Waals surface area contributed by atoms with Gasteiger partial charge < -0.3 is 10.1 Å². The Bertz CT molecular complexity index is 876. The van der Waals surface area contributed by atoms with E-state index in [-0.39, 0.29) is 29.5 Å². The molecule has 0 heterocycles. The van der Waals surface area contributed by atoms with E-state index in [2.05, 4.69) is 10.0 Å². The zero-order chi connectivity index (χ0) is 20.0. The van der Waals surface area contributed by atoms with Crippen molar-refractivity contribution in [3.8, 4) is 5.75 Å². The van der Waals surface area contributed by atoms with Crippen LogP contribution in [0.4, 0.5) is 0 Å². The summed E-state index contributed by atoms with van der Waals surface area (Å²) in [6, 6.07) is 15.4. The van der Waals surface area contributed by atoms with Crippen LogP contribution in [0.3, 0.4) is 0 Å². The standard InChI is InChI=1S/C21H26N2O4S/c1-16(17-7-3-2-4-8-17)23-28(25,26)20-13-11-19(12-14-20)27-15-21(24)22-18-9-5-6-10-18/h2-4,7-8,11-14,16,18,23H,5-6,9-10,15H2,1H3,(H,22,24)/t16-/m1/s1. The summed E-state index contributed by atoms with van der Waals surface area (Å²) in [5.41, 5.74) is 0.888. The van der Waals surface area contributed by atoms with Crippen molar-refractivity contribution in [2.75, 3.05) is 6.61 Å². The summed E-state index contributed by atoms with van der Waals surface area (Å²) in [5, 5.41) is 2.95. The lowest BCUT2D eigenvalue weighted by atomic mass is 10.1. The Morgan fingerprint density at radius 3 is 2.36 bits per heavy atom. The smallest absolute Gasteiger partial charge is 0.258 e. The van der Waals surface area contributed by atoms with Gasteiger partial charge in [0.15, 0.2) is 6.61 Å². The third-order valence-electron chi connectivity index (χ3n) is 4.86. The molecule has 0 unspecified atom stereocenters. The highest BCUT2D eigenvalue weighted by Gasteiger charge is 2.19. The normalized spacial score (nSPS) is 15.9. The zero-order valence-corrected chi connectivity index (χ0v) is 16.7. The zero-order valence-electron chi connectivity index (χ0n) is 15.9. The van der Waals surface area contributed by atoms with Gasteiger partial charge >= 0.3 is 0 Å². The number of nitrogens with one attached hydrogen (secondary N) is 2. The van der Waals surface area contributed by atoms with Crippen LogP contribution in [0.5, 0.6) is 5.75 Å². The van der Waals surface area contributed by atoms with E-state index in [4.69, 9.17) is 4.74 Å². The van der Waals surface area contributed by atoms with Crippen LogP contribution in [0.2, 0.25) is 0 Å². The summed E-state index contributed by atoms with van der Waals surface area (Å²) >= 11 is 0. The van der Waals surface area contributed by atoms with Crippen molar-refractivity contribution in [3.63, 3.8) is 0 Å². The van der Waals surface area contributed by atoms with Crippen LogP contribution in [0, 0.1) is 0 Å². The van der Waals surface area contributed by atoms with Gasteiger partial charge in [0.25, 0.3) is 5.91 Å². The number of hydrogen-bond acceptors (Lipinski definition) is 4. The first-order valence-corrected chi connectivity index (χ1v) is 11.0. The van der Waals surface area contributed by atoms with Crippen molar-refractivity contribution in [1.82, 2.24) is 10.0 Å². The molecule has 0 radical (unpaired) electrons. The molecule has 1 fully saturated rings. The van der Waals surface area contributed by atoms with Crippen LogP contribution in [-0.2, 0) is 14.8 Å². The van der Waals surface area contributed by atoms with Gasteiger partial charge in [0, 0.05) is 12.1 Å². The molecular formula is C21H26N2O4S. The predicted octanol–water partition coefficient (Wildman–Crippen LogP) is 3.16. The molecule has 1 saturated carbocycles. The monoisotopic (exact) mass is 402 g/mol. The van der Waals surface area contributed by atoms with Crippen molar-refractivity contribution in [2.45, 2.75) is 49.6 Å². The summed E-state index contributed by atoms with van der Waals surface area (Å²) in [6.45, 7) is 1.72. The maximum absolute atomic E-state index is 12.6. The summed E-state index contributed by atoms with van der Waals surface area (Å²) in [7, 11) is -3.66. The molecular weight excluding hydrogens is 376 g/mol. The fraction of sp³-hybridized carbons (Fsp3) is 0.381. The van der Waals surface area contributed by atoms with Gasteiger partial charge in [0.1, 0.15) is 5.75 Å². The van der Waals surface area contributed by atoms with Crippen molar-refractivity contribution >= 4 is 15.9 Å². The molecule has 0 bridgehead atoms. The second kappa shape index (κ2) is 9.21. The molecule has 0 aromatic heterocycles. The lowest BCUT2D eigenvalue weighted by Gasteiger charge is -2.15. The average Bonchev–Trinajstić information content (AvgIpc) is 3.20. The number of carbonyl (C=O) groups is 1. The van der Waals surface area contributed by atoms with Gasteiger partial charge in [0.2, 0.25) is 10.0 Å². The first-order chi connectivity index (χ1) is 13.4. The average molecular weight is 403 g/mol. The first kappa shape index (κ1) is 20.4. The number of sulfonamides is 1. The van der Waals surface area contributed by atoms with Crippen LogP contribution >= 0.6 is 0 Å². The Hall–Kier alpha value is -2.38. The Kier molecular flexibility index (Phi) is 6.70. The largest absolute Gasteiger partial charge is 0.484 e. The Balaban J connectivity index is 1.54. The summed E-state index contributed by atoms with van der Waals surface area (Å²) in [6.07, 6.45) is 4.34. The minimum Gasteiger partial charge on any atom is -0.484 e. The number of rotatable bonds is 8. The van der Waals surface area contributed by atoms with Crippen molar-refractivity contribution < 1.29 is 17.9 Å². The molecule has 1 atom stereocenters. The highest BCUT2D eigenvalue weighted by atomic mass is 32.2. The molecule has 0 spiro atoms. The molecule has 6 nitrogen and oxygen atoms in total. The number of hydrogen-bond donors (Lipinski definition) is 2. The third-order valence-corrected chi connectivity index (χ3v) is 6.41. The summed E-state index contributed by atoms with van der Waals surface area (Å²) in [4.78, 5) is 12.1. The topological polar surface area (TPSA) is 84.5 Å². The minimum absolute atomic E-state index is 0.0775. The molecule has 1 amide bonds. The molecule has 1 aliphatic carbocycles. The fourth-order valence-electron chi connectivity index (χ4n) is 3.31. The van der Waals surface area contributed by atoms with Gasteiger partial charge in [-0.05, 0) is 49.6 Å². The maximum atomic E-state index is 12.6. The van der Waals surface area contributed by atoms with Crippen molar-refractivity contribution in [1.29, 1.82) is 0 Å². The van der Waals surface area contributed by atoms with Crippen molar-refractivity contribution in [3.05, 3.63) is 60.2 Å². The van der Waals surface area contributed by atoms with E-state index in [1.807, 2.05) is 30.3 Å². The van der Waals surface area contributed by atoms with Gasteiger partial charge in [-0.25, -0.2) is 13.1 Å². The third kappa shape index (κ3) is 5.56. The lowest BCUT2D eigenvalue weighted by molar-refractivity contribution is -0.123. The lowest BCUT2D eigenvalue weighted by Crippen LogP contribution is -2.36. The van der Waals surface area contributed by atoms with E-state index in [0.717, 1.165) is 31.2 Å². The summed E-state index contributed by atoms with van der Waals surface area (Å²) in [5.74, 6) is 0.304. The van der Waals surface area contributed by atoms with Crippen LogP contribution in [0.25, 0.3) is 0 Å². The molecule has 7 heteroatoms. The van der Waals surface area contributed by atoms with Gasteiger partial charge in [-0.1, -0.05) is 43.2 Å². The number of carbonyl (C=O) groups excluding carboxylic acids is 1. The molecule has 2 aromatic carbocycles. The Morgan fingerprint density at radius 2 is 1.71 bits per heavy atom. The van der Waals surface area contributed by atoms with E-state index in [0.29, 0.717) is 5.75 Å². The molecule has 1 aliphatic rings. The van der Waals surface area contributed by atoms with Crippen molar-refractivity contribution in [2.24, 2.45) is 0 Å². The second-order valence-corrected chi connectivity index (χ2v) is 8.78. The first-order valence-electron chi connectivity index (χ1n) is 9.53. The van der Waals surface area contributed by atoms with E-state index in [1.165, 1.54) is 12.1 Å². The molecule has 2 aromatic rings. The van der Waals surface area contributed by atoms with Crippen LogP contribution in [0.1, 0.15) is 44.2 Å². The number of ether oxygens (including phenoxy) is 1. The molecule has 150 valence electrons. The number of amides is 1. The van der Waals surface area contributed by atoms with Crippen LogP contribution in [-0.4, -0.2) is 27.0 Å². The van der Waals surface area contributed by atoms with Gasteiger partial charge in [0.05, 0.1) is 4.90 Å². The Labute approximate surface area is 166 Å². The minimum atomic E-state index is -3.66. The predicted molar refractivity (Wildman–Crippen MR) is 108 cm³/mol. The fourth-order valence-corrected chi connectivity index (χ4v) is 4.55. The van der Waals surface area contributed by atoms with E-state index in [9.17, 15) is 13.2 Å². The van der Waals surface area contributed by atoms with Gasteiger partial charge in [-0.15, -0.1) is 0 Å². The Morgan fingerprint density at radius 1 is 1.07 bits per heavy atom. The highest BCUT2D eigenvalue weighted by Crippen LogP contribution is 2.20.